The number of amides is 2. The summed E-state index contributed by atoms with van der Waals surface area (Å²) in [7, 11) is 0. The van der Waals surface area contributed by atoms with Gasteiger partial charge in [0.05, 0.1) is 12.5 Å². The Morgan fingerprint density at radius 2 is 1.73 bits per heavy atom. The van der Waals surface area contributed by atoms with Crippen LogP contribution in [0.4, 0.5) is 13.2 Å². The monoisotopic (exact) mass is 336 g/mol. The molecule has 0 aliphatic carbocycles. The van der Waals surface area contributed by atoms with Crippen LogP contribution in [0.3, 0.4) is 0 Å². The van der Waals surface area contributed by atoms with E-state index in [1.807, 2.05) is 0 Å². The third-order valence-corrected chi connectivity index (χ3v) is 3.09. The van der Waals surface area contributed by atoms with Crippen molar-refractivity contribution >= 4 is 23.4 Å². The Balaban J connectivity index is 2.89. The number of carbonyl (C=O) groups excluding carboxylic acids is 2. The highest BCUT2D eigenvalue weighted by Crippen LogP contribution is 2.30. The van der Waals surface area contributed by atoms with E-state index in [1.165, 1.54) is 38.1 Å². The average Bonchev–Trinajstić information content (AvgIpc) is 2.36. The van der Waals surface area contributed by atoms with Crippen molar-refractivity contribution in [1.82, 2.24) is 10.6 Å². The van der Waals surface area contributed by atoms with Crippen molar-refractivity contribution in [2.24, 2.45) is 0 Å². The van der Waals surface area contributed by atoms with Crippen molar-refractivity contribution in [3.05, 3.63) is 34.9 Å². The van der Waals surface area contributed by atoms with Gasteiger partial charge in [0.15, 0.2) is 0 Å². The number of rotatable bonds is 5. The molecule has 8 heteroatoms. The Labute approximate surface area is 131 Å². The summed E-state index contributed by atoms with van der Waals surface area (Å²) in [6.45, 7) is 2.61. The van der Waals surface area contributed by atoms with Crippen molar-refractivity contribution in [3.8, 4) is 0 Å². The maximum atomic E-state index is 12.7. The summed E-state index contributed by atoms with van der Waals surface area (Å²) in [4.78, 5) is 22.8. The Hall–Kier alpha value is -1.76. The molecule has 0 aromatic heterocycles. The standard InChI is InChI=1S/C14H16ClF3N2O2/c1-8(19-9(2)21)13(22)20-12(7-14(16,17)18)10-3-5-11(15)6-4-10/h3-6,8,12H,7H2,1-2H3,(H,19,21)(H,20,22)/t8-,12+/m0/s1. The van der Waals surface area contributed by atoms with Crippen molar-refractivity contribution in [2.75, 3.05) is 0 Å². The molecule has 0 bridgehead atoms. The number of carbonyl (C=O) groups is 2. The van der Waals surface area contributed by atoms with Crippen LogP contribution in [0.25, 0.3) is 0 Å². The van der Waals surface area contributed by atoms with Gasteiger partial charge in [0, 0.05) is 11.9 Å². The minimum Gasteiger partial charge on any atom is -0.347 e. The first-order chi connectivity index (χ1) is 10.1. The zero-order valence-electron chi connectivity index (χ0n) is 12.0. The van der Waals surface area contributed by atoms with Crippen LogP contribution in [0, 0.1) is 0 Å². The lowest BCUT2D eigenvalue weighted by atomic mass is 10.0. The SMILES string of the molecule is CC(=O)N[C@@H](C)C(=O)N[C@H](CC(F)(F)F)c1ccc(Cl)cc1. The van der Waals surface area contributed by atoms with Gasteiger partial charge in [-0.2, -0.15) is 13.2 Å². The second kappa shape index (κ2) is 7.49. The highest BCUT2D eigenvalue weighted by molar-refractivity contribution is 6.30. The van der Waals surface area contributed by atoms with E-state index in [9.17, 15) is 22.8 Å². The zero-order valence-corrected chi connectivity index (χ0v) is 12.8. The van der Waals surface area contributed by atoms with Crippen LogP contribution < -0.4 is 10.6 Å². The third kappa shape index (κ3) is 6.34. The summed E-state index contributed by atoms with van der Waals surface area (Å²) < 4.78 is 38.1. The lowest BCUT2D eigenvalue weighted by Gasteiger charge is -2.23. The fourth-order valence-corrected chi connectivity index (χ4v) is 1.97. The molecule has 0 radical (unpaired) electrons. The molecule has 0 heterocycles. The Morgan fingerprint density at radius 1 is 1.18 bits per heavy atom. The van der Waals surface area contributed by atoms with E-state index in [0.717, 1.165) is 0 Å². The molecule has 1 aromatic carbocycles. The van der Waals surface area contributed by atoms with Gasteiger partial charge < -0.3 is 10.6 Å². The highest BCUT2D eigenvalue weighted by atomic mass is 35.5. The zero-order chi connectivity index (χ0) is 16.9. The van der Waals surface area contributed by atoms with Crippen LogP contribution in [0.2, 0.25) is 5.02 Å². The largest absolute Gasteiger partial charge is 0.391 e. The second-order valence-electron chi connectivity index (χ2n) is 4.85. The van der Waals surface area contributed by atoms with Crippen molar-refractivity contribution in [3.63, 3.8) is 0 Å². The van der Waals surface area contributed by atoms with Gasteiger partial charge in [-0.15, -0.1) is 0 Å². The molecule has 0 saturated heterocycles. The first-order valence-corrected chi connectivity index (χ1v) is 6.86. The Kier molecular flexibility index (Phi) is 6.22. The molecule has 0 saturated carbocycles. The predicted molar refractivity (Wildman–Crippen MR) is 76.3 cm³/mol. The summed E-state index contributed by atoms with van der Waals surface area (Å²) in [5.74, 6) is -1.14. The molecule has 0 unspecified atom stereocenters. The third-order valence-electron chi connectivity index (χ3n) is 2.84. The van der Waals surface area contributed by atoms with Gasteiger partial charge in [0.2, 0.25) is 11.8 Å². The van der Waals surface area contributed by atoms with Crippen LogP contribution >= 0.6 is 11.6 Å². The topological polar surface area (TPSA) is 58.2 Å². The van der Waals surface area contributed by atoms with Gasteiger partial charge >= 0.3 is 6.18 Å². The Morgan fingerprint density at radius 3 is 2.18 bits per heavy atom. The molecule has 122 valence electrons. The van der Waals surface area contributed by atoms with Crippen molar-refractivity contribution < 1.29 is 22.8 Å². The normalized spacial score (nSPS) is 14.1. The predicted octanol–water partition coefficient (Wildman–Crippen LogP) is 2.97. The van der Waals surface area contributed by atoms with Gasteiger partial charge in [0.1, 0.15) is 6.04 Å². The molecule has 1 aromatic rings. The highest BCUT2D eigenvalue weighted by Gasteiger charge is 2.34. The number of benzene rings is 1. The molecule has 2 N–H and O–H groups in total. The number of nitrogens with one attached hydrogen (secondary N) is 2. The van der Waals surface area contributed by atoms with Crippen LogP contribution in [-0.2, 0) is 9.59 Å². The van der Waals surface area contributed by atoms with Crippen LogP contribution in [0.15, 0.2) is 24.3 Å². The second-order valence-corrected chi connectivity index (χ2v) is 5.29. The van der Waals surface area contributed by atoms with Crippen molar-refractivity contribution in [2.45, 2.75) is 38.5 Å². The number of halogens is 4. The fraction of sp³-hybridized carbons (Fsp3) is 0.429. The van der Waals surface area contributed by atoms with Crippen LogP contribution in [0.5, 0.6) is 0 Å². The molecular formula is C14H16ClF3N2O2. The van der Waals surface area contributed by atoms with Gasteiger partial charge in [-0.1, -0.05) is 23.7 Å². The number of alkyl halides is 3. The average molecular weight is 337 g/mol. The first-order valence-electron chi connectivity index (χ1n) is 6.48. The maximum Gasteiger partial charge on any atom is 0.391 e. The maximum absolute atomic E-state index is 12.7. The molecule has 0 fully saturated rings. The number of hydrogen-bond acceptors (Lipinski definition) is 2. The molecule has 22 heavy (non-hydrogen) atoms. The van der Waals surface area contributed by atoms with E-state index in [2.05, 4.69) is 10.6 Å². The van der Waals surface area contributed by atoms with E-state index >= 15 is 0 Å². The van der Waals surface area contributed by atoms with Gasteiger partial charge in [-0.05, 0) is 24.6 Å². The molecule has 2 atom stereocenters. The van der Waals surface area contributed by atoms with Gasteiger partial charge in [-0.3, -0.25) is 9.59 Å². The summed E-state index contributed by atoms with van der Waals surface area (Å²) >= 11 is 5.71. The summed E-state index contributed by atoms with van der Waals surface area (Å²) in [6, 6.07) is 3.55. The molecule has 0 aliphatic rings. The van der Waals surface area contributed by atoms with E-state index < -0.39 is 36.5 Å². The summed E-state index contributed by atoms with van der Waals surface area (Å²) in [5.41, 5.74) is 0.283. The lowest BCUT2D eigenvalue weighted by molar-refractivity contribution is -0.143. The smallest absolute Gasteiger partial charge is 0.347 e. The van der Waals surface area contributed by atoms with E-state index in [0.29, 0.717) is 5.02 Å². The summed E-state index contributed by atoms with van der Waals surface area (Å²) in [6.07, 6.45) is -5.66. The molecule has 2 amide bonds. The lowest BCUT2D eigenvalue weighted by Crippen LogP contribution is -2.45. The molecule has 0 aliphatic heterocycles. The molecule has 4 nitrogen and oxygen atoms in total. The molecule has 1 rings (SSSR count). The van der Waals surface area contributed by atoms with Crippen molar-refractivity contribution in [1.29, 1.82) is 0 Å². The first kappa shape index (κ1) is 18.3. The van der Waals surface area contributed by atoms with E-state index in [-0.39, 0.29) is 5.56 Å². The minimum absolute atomic E-state index is 0.283. The van der Waals surface area contributed by atoms with Crippen LogP contribution in [-0.4, -0.2) is 24.0 Å². The van der Waals surface area contributed by atoms with E-state index in [4.69, 9.17) is 11.6 Å². The number of hydrogen-bond donors (Lipinski definition) is 2. The molecule has 0 spiro atoms. The minimum atomic E-state index is -4.45. The van der Waals surface area contributed by atoms with Gasteiger partial charge in [0.25, 0.3) is 0 Å². The van der Waals surface area contributed by atoms with Gasteiger partial charge in [-0.25, -0.2) is 0 Å². The summed E-state index contributed by atoms with van der Waals surface area (Å²) in [5, 5.41) is 5.00. The Bertz CT molecular complexity index is 532. The van der Waals surface area contributed by atoms with Crippen LogP contribution in [0.1, 0.15) is 31.9 Å². The quantitative estimate of drug-likeness (QED) is 0.868. The molecular weight excluding hydrogens is 321 g/mol. The fourth-order valence-electron chi connectivity index (χ4n) is 1.85. The van der Waals surface area contributed by atoms with E-state index in [1.54, 1.807) is 0 Å².